The third kappa shape index (κ3) is 2.42. The maximum atomic E-state index is 12.5. The van der Waals surface area contributed by atoms with Crippen LogP contribution in [0.15, 0.2) is 23.8 Å². The van der Waals surface area contributed by atoms with E-state index in [9.17, 15) is 4.79 Å². The van der Waals surface area contributed by atoms with Crippen LogP contribution in [-0.2, 0) is 4.79 Å². The van der Waals surface area contributed by atoms with Crippen molar-refractivity contribution in [2.24, 2.45) is 22.2 Å². The Morgan fingerprint density at radius 3 is 2.74 bits per heavy atom. The number of fused-ring (bicyclic) bond motifs is 3. The topological polar surface area (TPSA) is 17.1 Å². The van der Waals surface area contributed by atoms with E-state index >= 15 is 0 Å². The van der Waals surface area contributed by atoms with Gasteiger partial charge in [-0.05, 0) is 68.4 Å². The van der Waals surface area contributed by atoms with Gasteiger partial charge in [0.1, 0.15) is 5.78 Å². The number of carbonyl (C=O) groups is 1. The second kappa shape index (κ2) is 5.66. The molecule has 0 saturated heterocycles. The molecule has 3 aliphatic carbocycles. The van der Waals surface area contributed by atoms with Gasteiger partial charge in [-0.2, -0.15) is 0 Å². The maximum Gasteiger partial charge on any atom is 0.138 e. The standard InChI is InChI=1S/C22H30O/c1-5-6-8-13-22-14-9-7-10-18(22)21(4)15-12-19(23)20(2,3)17(21)11-16-22/h5-6,10,17H,7,9,11-12,14-16H2,1-4H3/t17-,21-,22+/m0/s1. The first-order chi connectivity index (χ1) is 10.9. The van der Waals surface area contributed by atoms with Crippen molar-refractivity contribution in [1.82, 2.24) is 0 Å². The fourth-order valence-corrected chi connectivity index (χ4v) is 5.73. The number of ketones is 1. The van der Waals surface area contributed by atoms with Crippen LogP contribution in [0, 0.1) is 34.0 Å². The van der Waals surface area contributed by atoms with E-state index in [1.54, 1.807) is 5.57 Å². The predicted molar refractivity (Wildman–Crippen MR) is 95.8 cm³/mol. The predicted octanol–water partition coefficient (Wildman–Crippen LogP) is 5.47. The summed E-state index contributed by atoms with van der Waals surface area (Å²) in [5, 5.41) is 0. The second-order valence-corrected chi connectivity index (χ2v) is 8.52. The summed E-state index contributed by atoms with van der Waals surface area (Å²) in [6.45, 7) is 8.81. The average molecular weight is 310 g/mol. The molecule has 1 nitrogen and oxygen atoms in total. The molecular formula is C22H30O. The van der Waals surface area contributed by atoms with Crippen LogP contribution < -0.4 is 0 Å². The van der Waals surface area contributed by atoms with Gasteiger partial charge in [0.05, 0.1) is 5.41 Å². The number of allylic oxidation sites excluding steroid dienone is 4. The number of hydrogen-bond acceptors (Lipinski definition) is 1. The Balaban J connectivity index is 2.07. The van der Waals surface area contributed by atoms with E-state index in [2.05, 4.69) is 38.7 Å². The van der Waals surface area contributed by atoms with Gasteiger partial charge < -0.3 is 0 Å². The zero-order chi connectivity index (χ0) is 16.7. The van der Waals surface area contributed by atoms with Crippen LogP contribution in [0.3, 0.4) is 0 Å². The minimum Gasteiger partial charge on any atom is -0.299 e. The molecule has 0 aromatic heterocycles. The number of rotatable bonds is 0. The molecule has 0 radical (unpaired) electrons. The summed E-state index contributed by atoms with van der Waals surface area (Å²) in [5.41, 5.74) is 1.61. The van der Waals surface area contributed by atoms with Gasteiger partial charge in [-0.1, -0.05) is 44.8 Å². The van der Waals surface area contributed by atoms with Crippen LogP contribution in [-0.4, -0.2) is 5.78 Å². The summed E-state index contributed by atoms with van der Waals surface area (Å²) >= 11 is 0. The van der Waals surface area contributed by atoms with Gasteiger partial charge in [0.25, 0.3) is 0 Å². The van der Waals surface area contributed by atoms with Crippen LogP contribution in [0.1, 0.15) is 72.6 Å². The maximum absolute atomic E-state index is 12.5. The molecule has 1 heteroatoms. The van der Waals surface area contributed by atoms with Crippen molar-refractivity contribution in [3.8, 4) is 11.8 Å². The first-order valence-corrected chi connectivity index (χ1v) is 9.25. The Bertz CT molecular complexity index is 624. The number of Topliss-reactive ketones (excluding diaryl/α,β-unsaturated/α-hetero) is 1. The highest BCUT2D eigenvalue weighted by molar-refractivity contribution is 5.85. The van der Waals surface area contributed by atoms with Crippen LogP contribution in [0.25, 0.3) is 0 Å². The van der Waals surface area contributed by atoms with Gasteiger partial charge in [0.2, 0.25) is 0 Å². The largest absolute Gasteiger partial charge is 0.299 e. The molecule has 0 bridgehead atoms. The Kier molecular flexibility index (Phi) is 4.07. The summed E-state index contributed by atoms with van der Waals surface area (Å²) in [6.07, 6.45) is 14.1. The van der Waals surface area contributed by atoms with Crippen molar-refractivity contribution in [2.45, 2.75) is 72.6 Å². The minimum atomic E-state index is -0.186. The van der Waals surface area contributed by atoms with Crippen molar-refractivity contribution in [2.75, 3.05) is 0 Å². The van der Waals surface area contributed by atoms with E-state index in [-0.39, 0.29) is 16.2 Å². The van der Waals surface area contributed by atoms with Crippen LogP contribution in [0.4, 0.5) is 0 Å². The lowest BCUT2D eigenvalue weighted by molar-refractivity contribution is -0.141. The monoisotopic (exact) mass is 310 g/mol. The molecule has 2 saturated carbocycles. The molecule has 0 aliphatic heterocycles. The highest BCUT2D eigenvalue weighted by Crippen LogP contribution is 2.65. The Morgan fingerprint density at radius 2 is 2.00 bits per heavy atom. The molecule has 3 atom stereocenters. The molecule has 0 heterocycles. The van der Waals surface area contributed by atoms with Gasteiger partial charge in [-0.3, -0.25) is 4.79 Å². The van der Waals surface area contributed by atoms with Crippen molar-refractivity contribution in [1.29, 1.82) is 0 Å². The molecule has 0 unspecified atom stereocenters. The van der Waals surface area contributed by atoms with Crippen LogP contribution >= 0.6 is 0 Å². The third-order valence-electron chi connectivity index (χ3n) is 6.94. The molecule has 3 aliphatic rings. The fraction of sp³-hybridized carbons (Fsp3) is 0.682. The van der Waals surface area contributed by atoms with Crippen molar-refractivity contribution in [3.05, 3.63) is 23.8 Å². The molecule has 0 aromatic rings. The molecule has 0 amide bonds. The zero-order valence-electron chi connectivity index (χ0n) is 15.2. The smallest absolute Gasteiger partial charge is 0.138 e. The Hall–Kier alpha value is -1.29. The van der Waals surface area contributed by atoms with Crippen molar-refractivity contribution in [3.63, 3.8) is 0 Å². The third-order valence-corrected chi connectivity index (χ3v) is 6.94. The first-order valence-electron chi connectivity index (χ1n) is 9.25. The van der Waals surface area contributed by atoms with Gasteiger partial charge in [0, 0.05) is 11.8 Å². The number of hydrogen-bond donors (Lipinski definition) is 0. The van der Waals surface area contributed by atoms with E-state index < -0.39 is 0 Å². The van der Waals surface area contributed by atoms with E-state index in [0.717, 1.165) is 25.7 Å². The van der Waals surface area contributed by atoms with E-state index in [1.165, 1.54) is 19.3 Å². The molecule has 124 valence electrons. The lowest BCUT2D eigenvalue weighted by Gasteiger charge is -2.59. The Labute approximate surface area is 141 Å². The molecule has 0 spiro atoms. The normalized spacial score (nSPS) is 39.0. The van der Waals surface area contributed by atoms with Gasteiger partial charge in [-0.15, -0.1) is 0 Å². The summed E-state index contributed by atoms with van der Waals surface area (Å²) in [7, 11) is 0. The second-order valence-electron chi connectivity index (χ2n) is 8.52. The van der Waals surface area contributed by atoms with Crippen molar-refractivity contribution >= 4 is 5.78 Å². The van der Waals surface area contributed by atoms with Crippen molar-refractivity contribution < 1.29 is 4.79 Å². The summed E-state index contributed by atoms with van der Waals surface area (Å²) in [6, 6.07) is 0. The summed E-state index contributed by atoms with van der Waals surface area (Å²) in [4.78, 5) is 12.5. The lowest BCUT2D eigenvalue weighted by Crippen LogP contribution is -2.54. The van der Waals surface area contributed by atoms with Crippen LogP contribution in [0.2, 0.25) is 0 Å². The molecule has 2 fully saturated rings. The highest BCUT2D eigenvalue weighted by Gasteiger charge is 2.59. The van der Waals surface area contributed by atoms with Gasteiger partial charge in [-0.25, -0.2) is 0 Å². The van der Waals surface area contributed by atoms with E-state index in [4.69, 9.17) is 0 Å². The lowest BCUT2D eigenvalue weighted by atomic mass is 9.44. The zero-order valence-corrected chi connectivity index (χ0v) is 15.2. The summed E-state index contributed by atoms with van der Waals surface area (Å²) < 4.78 is 0. The molecular weight excluding hydrogens is 280 g/mol. The summed E-state index contributed by atoms with van der Waals surface area (Å²) in [5.74, 6) is 7.88. The fourth-order valence-electron chi connectivity index (χ4n) is 5.73. The molecule has 23 heavy (non-hydrogen) atoms. The van der Waals surface area contributed by atoms with Gasteiger partial charge in [0.15, 0.2) is 0 Å². The Morgan fingerprint density at radius 1 is 1.22 bits per heavy atom. The van der Waals surface area contributed by atoms with Crippen LogP contribution in [0.5, 0.6) is 0 Å². The van der Waals surface area contributed by atoms with E-state index in [1.807, 2.05) is 19.1 Å². The quantitative estimate of drug-likeness (QED) is 0.428. The van der Waals surface area contributed by atoms with Gasteiger partial charge >= 0.3 is 0 Å². The minimum absolute atomic E-state index is 0.0689. The number of carbonyl (C=O) groups excluding carboxylic acids is 1. The van der Waals surface area contributed by atoms with E-state index in [0.29, 0.717) is 11.7 Å². The average Bonchev–Trinajstić information content (AvgIpc) is 2.52. The highest BCUT2D eigenvalue weighted by atomic mass is 16.1. The SMILES string of the molecule is CC=CC#C[C@]12CCCC=C1[C@@]1(C)CCC(=O)C(C)(C)[C@@H]1CC2. The first kappa shape index (κ1) is 16.6. The molecule has 0 aromatic carbocycles. The molecule has 0 N–H and O–H groups in total. The molecule has 3 rings (SSSR count).